The van der Waals surface area contributed by atoms with Crippen LogP contribution in [0.1, 0.15) is 63.0 Å². The van der Waals surface area contributed by atoms with Gasteiger partial charge in [-0.2, -0.15) is 0 Å². The van der Waals surface area contributed by atoms with E-state index in [9.17, 15) is 28.0 Å². The quantitative estimate of drug-likeness (QED) is 0.402. The topological polar surface area (TPSA) is 105 Å². The Balaban J connectivity index is 1.29. The number of aryl methyl sites for hydroxylation is 1. The number of amides is 3. The van der Waals surface area contributed by atoms with E-state index in [1.807, 2.05) is 6.07 Å². The maximum absolute atomic E-state index is 13.2. The lowest BCUT2D eigenvalue weighted by Gasteiger charge is -2.31. The van der Waals surface area contributed by atoms with Gasteiger partial charge in [-0.3, -0.25) is 28.8 Å². The number of para-hydroxylation sites is 1. The number of halogens is 2. The van der Waals surface area contributed by atoms with E-state index in [-0.39, 0.29) is 49.7 Å². The summed E-state index contributed by atoms with van der Waals surface area (Å²) in [5.74, 6) is -3.46. The van der Waals surface area contributed by atoms with E-state index in [0.29, 0.717) is 37.0 Å². The molecule has 4 rings (SSSR count). The molecule has 2 aliphatic rings. The van der Waals surface area contributed by atoms with Crippen molar-refractivity contribution in [3.05, 3.63) is 34.2 Å². The number of hydrogen-bond donors (Lipinski definition) is 2. The molecule has 1 aromatic carbocycles. The van der Waals surface area contributed by atoms with Crippen molar-refractivity contribution in [1.82, 2.24) is 24.7 Å². The monoisotopic (exact) mass is 505 g/mol. The molecular weight excluding hydrogens is 472 g/mol. The number of alkyl halides is 2. The van der Waals surface area contributed by atoms with E-state index in [0.717, 1.165) is 24.9 Å². The van der Waals surface area contributed by atoms with Crippen LogP contribution in [-0.4, -0.2) is 57.3 Å². The predicted molar refractivity (Wildman–Crippen MR) is 130 cm³/mol. The molecule has 1 unspecified atom stereocenters. The highest BCUT2D eigenvalue weighted by atomic mass is 19.3. The lowest BCUT2D eigenvalue weighted by atomic mass is 10.1. The highest BCUT2D eigenvalue weighted by Gasteiger charge is 2.34. The summed E-state index contributed by atoms with van der Waals surface area (Å²) in [5.41, 5.74) is 1.63. The van der Waals surface area contributed by atoms with E-state index in [1.54, 1.807) is 19.2 Å². The van der Waals surface area contributed by atoms with Gasteiger partial charge in [0, 0.05) is 52.4 Å². The summed E-state index contributed by atoms with van der Waals surface area (Å²) >= 11 is 0. The van der Waals surface area contributed by atoms with Gasteiger partial charge in [0.2, 0.25) is 17.7 Å². The number of aromatic nitrogens is 2. The van der Waals surface area contributed by atoms with E-state index in [4.69, 9.17) is 0 Å². The number of carbonyl (C=O) groups excluding carboxylic acids is 3. The average molecular weight is 506 g/mol. The van der Waals surface area contributed by atoms with Crippen LogP contribution in [0.2, 0.25) is 0 Å². The number of fused-ring (bicyclic) bond motifs is 1. The second kappa shape index (κ2) is 10.9. The molecule has 1 aromatic heterocycles. The predicted octanol–water partition coefficient (Wildman–Crippen LogP) is 2.23. The minimum absolute atomic E-state index is 0.0787. The molecule has 1 atom stereocenters. The SMILES string of the molecule is Cn1c(=O)n(C2CCC(=O)NC2=O)c2cccc(CNC(=O)CCCCCN3CCC(F)(F)CC3)c21. The van der Waals surface area contributed by atoms with Crippen LogP contribution in [-0.2, 0) is 28.0 Å². The highest BCUT2D eigenvalue weighted by molar-refractivity contribution is 6.00. The van der Waals surface area contributed by atoms with E-state index < -0.39 is 17.9 Å². The first kappa shape index (κ1) is 26.0. The van der Waals surface area contributed by atoms with Gasteiger partial charge in [-0.15, -0.1) is 0 Å². The van der Waals surface area contributed by atoms with Gasteiger partial charge in [-0.05, 0) is 37.4 Å². The summed E-state index contributed by atoms with van der Waals surface area (Å²) in [4.78, 5) is 51.4. The van der Waals surface area contributed by atoms with Gasteiger partial charge < -0.3 is 10.2 Å². The van der Waals surface area contributed by atoms with Crippen LogP contribution in [0.15, 0.2) is 23.0 Å². The third-order valence-electron chi connectivity index (χ3n) is 7.15. The molecule has 196 valence electrons. The summed E-state index contributed by atoms with van der Waals surface area (Å²) in [6, 6.07) is 4.61. The Morgan fingerprint density at radius 1 is 1.14 bits per heavy atom. The zero-order chi connectivity index (χ0) is 25.9. The van der Waals surface area contributed by atoms with Gasteiger partial charge in [0.15, 0.2) is 0 Å². The Labute approximate surface area is 207 Å². The molecule has 0 bridgehead atoms. The number of imidazole rings is 1. The number of nitrogens with zero attached hydrogens (tertiary/aromatic N) is 3. The molecule has 36 heavy (non-hydrogen) atoms. The first-order chi connectivity index (χ1) is 17.2. The maximum Gasteiger partial charge on any atom is 0.329 e. The van der Waals surface area contributed by atoms with Gasteiger partial charge in [0.1, 0.15) is 6.04 Å². The van der Waals surface area contributed by atoms with Crippen LogP contribution < -0.4 is 16.3 Å². The Morgan fingerprint density at radius 2 is 1.89 bits per heavy atom. The fraction of sp³-hybridized carbons (Fsp3) is 0.600. The van der Waals surface area contributed by atoms with Crippen LogP contribution in [0.4, 0.5) is 8.78 Å². The van der Waals surface area contributed by atoms with Crippen LogP contribution >= 0.6 is 0 Å². The van der Waals surface area contributed by atoms with Gasteiger partial charge >= 0.3 is 5.69 Å². The van der Waals surface area contributed by atoms with E-state index >= 15 is 0 Å². The minimum Gasteiger partial charge on any atom is -0.352 e. The summed E-state index contributed by atoms with van der Waals surface area (Å²) < 4.78 is 29.4. The largest absolute Gasteiger partial charge is 0.352 e. The number of benzene rings is 1. The van der Waals surface area contributed by atoms with Crippen LogP contribution in [0.25, 0.3) is 11.0 Å². The number of likely N-dealkylation sites (tertiary alicyclic amines) is 1. The summed E-state index contributed by atoms with van der Waals surface area (Å²) in [5, 5.41) is 5.21. The van der Waals surface area contributed by atoms with Crippen LogP contribution in [0, 0.1) is 0 Å². The van der Waals surface area contributed by atoms with Crippen molar-refractivity contribution in [2.75, 3.05) is 19.6 Å². The lowest BCUT2D eigenvalue weighted by Crippen LogP contribution is -2.44. The fourth-order valence-electron chi connectivity index (χ4n) is 5.08. The Bertz CT molecular complexity index is 1200. The molecule has 9 nitrogen and oxygen atoms in total. The molecule has 0 spiro atoms. The molecule has 2 N–H and O–H groups in total. The molecule has 0 radical (unpaired) electrons. The first-order valence-electron chi connectivity index (χ1n) is 12.6. The van der Waals surface area contributed by atoms with Gasteiger partial charge in [0.05, 0.1) is 11.0 Å². The molecule has 2 fully saturated rings. The second-order valence-corrected chi connectivity index (χ2v) is 9.75. The smallest absolute Gasteiger partial charge is 0.329 e. The standard InChI is InChI=1S/C25H33F2N5O4/c1-30-22-17(6-5-7-18(22)32(24(30)36)19-9-10-21(34)29-23(19)35)16-28-20(33)8-3-2-4-13-31-14-11-25(26,27)12-15-31/h5-7,19H,2-4,8-16H2,1H3,(H,28,33)(H,29,34,35). The van der Waals surface area contributed by atoms with E-state index in [2.05, 4.69) is 15.5 Å². The molecule has 2 aromatic rings. The van der Waals surface area contributed by atoms with E-state index in [1.165, 1.54) is 9.13 Å². The zero-order valence-corrected chi connectivity index (χ0v) is 20.5. The van der Waals surface area contributed by atoms with Crippen molar-refractivity contribution < 1.29 is 23.2 Å². The van der Waals surface area contributed by atoms with Crippen molar-refractivity contribution in [3.8, 4) is 0 Å². The van der Waals surface area contributed by atoms with Crippen molar-refractivity contribution in [2.45, 2.75) is 69.9 Å². The number of nitrogens with one attached hydrogen (secondary N) is 2. The number of rotatable bonds is 9. The number of piperidine rings is 2. The molecule has 11 heteroatoms. The first-order valence-corrected chi connectivity index (χ1v) is 12.6. The molecule has 0 aliphatic carbocycles. The third kappa shape index (κ3) is 5.83. The molecule has 2 aliphatic heterocycles. The maximum atomic E-state index is 13.2. The highest BCUT2D eigenvalue weighted by Crippen LogP contribution is 2.28. The molecule has 0 saturated carbocycles. The zero-order valence-electron chi connectivity index (χ0n) is 20.5. The molecular formula is C25H33F2N5O4. The Kier molecular flexibility index (Phi) is 7.87. The molecule has 3 heterocycles. The van der Waals surface area contributed by atoms with Crippen LogP contribution in [0.3, 0.4) is 0 Å². The van der Waals surface area contributed by atoms with Crippen molar-refractivity contribution >= 4 is 28.8 Å². The van der Waals surface area contributed by atoms with Crippen LogP contribution in [0.5, 0.6) is 0 Å². The average Bonchev–Trinajstić information content (AvgIpc) is 3.09. The summed E-state index contributed by atoms with van der Waals surface area (Å²) in [6.45, 7) is 1.86. The van der Waals surface area contributed by atoms with Gasteiger partial charge in [-0.1, -0.05) is 18.6 Å². The summed E-state index contributed by atoms with van der Waals surface area (Å²) in [6.07, 6.45) is 3.06. The lowest BCUT2D eigenvalue weighted by molar-refractivity contribution is -0.135. The van der Waals surface area contributed by atoms with Gasteiger partial charge in [0.25, 0.3) is 5.92 Å². The number of carbonyl (C=O) groups is 3. The number of hydrogen-bond acceptors (Lipinski definition) is 5. The minimum atomic E-state index is -2.53. The van der Waals surface area contributed by atoms with Crippen molar-refractivity contribution in [3.63, 3.8) is 0 Å². The molecule has 3 amide bonds. The number of imide groups is 1. The summed E-state index contributed by atoms with van der Waals surface area (Å²) in [7, 11) is 1.63. The second-order valence-electron chi connectivity index (χ2n) is 9.75. The molecule has 2 saturated heterocycles. The van der Waals surface area contributed by atoms with Crippen molar-refractivity contribution in [2.24, 2.45) is 7.05 Å². The Hall–Kier alpha value is -3.08. The van der Waals surface area contributed by atoms with Crippen molar-refractivity contribution in [1.29, 1.82) is 0 Å². The third-order valence-corrected chi connectivity index (χ3v) is 7.15. The normalized spacial score (nSPS) is 20.5. The fourth-order valence-corrected chi connectivity index (χ4v) is 5.08. The Morgan fingerprint density at radius 3 is 2.61 bits per heavy atom. The number of unbranched alkanes of at least 4 members (excludes halogenated alkanes) is 2. The van der Waals surface area contributed by atoms with Gasteiger partial charge in [-0.25, -0.2) is 13.6 Å².